The van der Waals surface area contributed by atoms with Gasteiger partial charge in [-0.05, 0) is 75.7 Å². The van der Waals surface area contributed by atoms with E-state index < -0.39 is 17.6 Å². The fourth-order valence-corrected chi connectivity index (χ4v) is 4.58. The number of hydrogen-bond acceptors (Lipinski definition) is 6. The van der Waals surface area contributed by atoms with E-state index in [1.165, 1.54) is 0 Å². The third-order valence-corrected chi connectivity index (χ3v) is 6.39. The first-order valence-corrected chi connectivity index (χ1v) is 12.0. The minimum Gasteiger partial charge on any atom is -0.456 e. The van der Waals surface area contributed by atoms with Gasteiger partial charge >= 0.3 is 5.97 Å². The van der Waals surface area contributed by atoms with Gasteiger partial charge in [0.25, 0.3) is 0 Å². The van der Waals surface area contributed by atoms with Crippen molar-refractivity contribution < 1.29 is 19.1 Å². The van der Waals surface area contributed by atoms with E-state index in [-0.39, 0.29) is 11.8 Å². The van der Waals surface area contributed by atoms with Crippen molar-refractivity contribution in [1.29, 1.82) is 0 Å². The molecule has 2 amide bonds. The van der Waals surface area contributed by atoms with Crippen molar-refractivity contribution in [2.24, 2.45) is 0 Å². The normalized spacial score (nSPS) is 18.7. The van der Waals surface area contributed by atoms with Crippen molar-refractivity contribution in [3.05, 3.63) is 59.2 Å². The standard InChI is InChI=1S/C27H34N4O4/c1-27(2,3)35-26(34)18-9-11-19(12-10-18)30(5)25(33)24-21-7-6-8-22(20(21)13-14-28-24)31-16-15-29(4)17-23(31)32/h6-12,24,28H,13-17H2,1-5H3. The summed E-state index contributed by atoms with van der Waals surface area (Å²) in [5.41, 5.74) is 3.41. The molecule has 0 bridgehead atoms. The van der Waals surface area contributed by atoms with Crippen molar-refractivity contribution in [3.63, 3.8) is 0 Å². The van der Waals surface area contributed by atoms with Gasteiger partial charge in [-0.25, -0.2) is 4.79 Å². The van der Waals surface area contributed by atoms with E-state index in [1.807, 2.05) is 55.8 Å². The van der Waals surface area contributed by atoms with E-state index >= 15 is 0 Å². The van der Waals surface area contributed by atoms with Crippen LogP contribution < -0.4 is 15.1 Å². The molecule has 1 N–H and O–H groups in total. The number of likely N-dealkylation sites (N-methyl/N-ethyl adjacent to an activating group) is 2. The summed E-state index contributed by atoms with van der Waals surface area (Å²) in [6, 6.07) is 12.2. The Labute approximate surface area is 206 Å². The number of nitrogens with zero attached hydrogens (tertiary/aromatic N) is 3. The summed E-state index contributed by atoms with van der Waals surface area (Å²) in [5.74, 6) is -0.416. The van der Waals surface area contributed by atoms with Gasteiger partial charge in [0.1, 0.15) is 11.6 Å². The van der Waals surface area contributed by atoms with Crippen molar-refractivity contribution in [2.45, 2.75) is 38.8 Å². The predicted molar refractivity (Wildman–Crippen MR) is 136 cm³/mol. The van der Waals surface area contributed by atoms with E-state index in [4.69, 9.17) is 4.74 Å². The van der Waals surface area contributed by atoms with Crippen LogP contribution >= 0.6 is 0 Å². The number of ether oxygens (including phenoxy) is 1. The van der Waals surface area contributed by atoms with Crippen molar-refractivity contribution in [1.82, 2.24) is 10.2 Å². The minimum absolute atomic E-state index is 0.0794. The molecule has 4 rings (SSSR count). The lowest BCUT2D eigenvalue weighted by Gasteiger charge is -2.36. The Hall–Kier alpha value is -3.23. The lowest BCUT2D eigenvalue weighted by Crippen LogP contribution is -2.50. The fourth-order valence-electron chi connectivity index (χ4n) is 4.58. The van der Waals surface area contributed by atoms with Gasteiger partial charge in [0.15, 0.2) is 0 Å². The number of piperazine rings is 1. The largest absolute Gasteiger partial charge is 0.456 e. The van der Waals surface area contributed by atoms with Gasteiger partial charge in [-0.3, -0.25) is 14.5 Å². The summed E-state index contributed by atoms with van der Waals surface area (Å²) in [7, 11) is 3.68. The zero-order valence-electron chi connectivity index (χ0n) is 21.1. The lowest BCUT2D eigenvalue weighted by atomic mass is 9.91. The van der Waals surface area contributed by atoms with Crippen LogP contribution in [0.1, 0.15) is 48.3 Å². The average Bonchev–Trinajstić information content (AvgIpc) is 2.81. The van der Waals surface area contributed by atoms with Crippen LogP contribution in [-0.2, 0) is 20.7 Å². The van der Waals surface area contributed by atoms with E-state index in [0.717, 1.165) is 29.8 Å². The zero-order valence-corrected chi connectivity index (χ0v) is 21.1. The van der Waals surface area contributed by atoms with E-state index in [0.29, 0.717) is 30.9 Å². The van der Waals surface area contributed by atoms with Crippen molar-refractivity contribution in [3.8, 4) is 0 Å². The first-order chi connectivity index (χ1) is 16.5. The van der Waals surface area contributed by atoms with Crippen molar-refractivity contribution in [2.75, 3.05) is 50.1 Å². The molecule has 35 heavy (non-hydrogen) atoms. The van der Waals surface area contributed by atoms with Crippen LogP contribution in [0.4, 0.5) is 11.4 Å². The van der Waals surface area contributed by atoms with Crippen LogP contribution in [0.5, 0.6) is 0 Å². The van der Waals surface area contributed by atoms with Gasteiger partial charge in [-0.2, -0.15) is 0 Å². The first-order valence-electron chi connectivity index (χ1n) is 12.0. The molecule has 2 aromatic rings. The van der Waals surface area contributed by atoms with Crippen LogP contribution in [0, 0.1) is 0 Å². The zero-order chi connectivity index (χ0) is 25.3. The molecule has 1 atom stereocenters. The summed E-state index contributed by atoms with van der Waals surface area (Å²) in [6.07, 6.45) is 0.753. The summed E-state index contributed by atoms with van der Waals surface area (Å²) in [6.45, 7) is 7.98. The number of carbonyl (C=O) groups is 3. The Morgan fingerprint density at radius 1 is 1.09 bits per heavy atom. The number of anilines is 2. The Morgan fingerprint density at radius 3 is 2.46 bits per heavy atom. The number of rotatable bonds is 4. The smallest absolute Gasteiger partial charge is 0.338 e. The number of hydrogen-bond donors (Lipinski definition) is 1. The molecule has 0 saturated carbocycles. The molecule has 0 radical (unpaired) electrons. The second-order valence-electron chi connectivity index (χ2n) is 10.2. The molecule has 8 nitrogen and oxygen atoms in total. The maximum absolute atomic E-state index is 13.5. The van der Waals surface area contributed by atoms with E-state index in [9.17, 15) is 14.4 Å². The second-order valence-corrected chi connectivity index (χ2v) is 10.2. The maximum Gasteiger partial charge on any atom is 0.338 e. The van der Waals surface area contributed by atoms with Gasteiger partial charge in [0.2, 0.25) is 11.8 Å². The third-order valence-electron chi connectivity index (χ3n) is 6.39. The number of fused-ring (bicyclic) bond motifs is 1. The van der Waals surface area contributed by atoms with Crippen molar-refractivity contribution >= 4 is 29.2 Å². The monoisotopic (exact) mass is 478 g/mol. The van der Waals surface area contributed by atoms with Gasteiger partial charge in [0.05, 0.1) is 12.1 Å². The molecule has 2 heterocycles. The molecule has 8 heteroatoms. The van der Waals surface area contributed by atoms with Crippen LogP contribution in [0.3, 0.4) is 0 Å². The Kier molecular flexibility index (Phi) is 6.96. The topological polar surface area (TPSA) is 82.2 Å². The average molecular weight is 479 g/mol. The molecular formula is C27H34N4O4. The van der Waals surface area contributed by atoms with Crippen LogP contribution in [-0.4, -0.2) is 68.6 Å². The summed E-state index contributed by atoms with van der Waals surface area (Å²) in [4.78, 5) is 44.0. The predicted octanol–water partition coefficient (Wildman–Crippen LogP) is 2.77. The Morgan fingerprint density at radius 2 is 1.80 bits per heavy atom. The summed E-state index contributed by atoms with van der Waals surface area (Å²) in [5, 5.41) is 3.35. The van der Waals surface area contributed by atoms with Gasteiger partial charge in [-0.1, -0.05) is 12.1 Å². The molecule has 1 fully saturated rings. The fraction of sp³-hybridized carbons (Fsp3) is 0.444. The molecule has 0 aliphatic carbocycles. The Balaban J connectivity index is 1.54. The van der Waals surface area contributed by atoms with Gasteiger partial charge in [-0.15, -0.1) is 0 Å². The highest BCUT2D eigenvalue weighted by Crippen LogP contribution is 2.33. The number of benzene rings is 2. The number of nitrogens with one attached hydrogen (secondary N) is 1. The van der Waals surface area contributed by atoms with Crippen LogP contribution in [0.15, 0.2) is 42.5 Å². The van der Waals surface area contributed by atoms with Gasteiger partial charge < -0.3 is 19.9 Å². The molecule has 0 aromatic heterocycles. The maximum atomic E-state index is 13.5. The van der Waals surface area contributed by atoms with Crippen LogP contribution in [0.2, 0.25) is 0 Å². The molecule has 1 saturated heterocycles. The molecule has 0 spiro atoms. The number of esters is 1. The van der Waals surface area contributed by atoms with Gasteiger partial charge in [0, 0.05) is 38.1 Å². The molecule has 186 valence electrons. The molecule has 2 aliphatic rings. The second kappa shape index (κ2) is 9.79. The first kappa shape index (κ1) is 24.9. The number of amides is 2. The minimum atomic E-state index is -0.573. The highest BCUT2D eigenvalue weighted by Gasteiger charge is 2.33. The molecule has 2 aromatic carbocycles. The highest BCUT2D eigenvalue weighted by atomic mass is 16.6. The number of carbonyl (C=O) groups excluding carboxylic acids is 3. The molecule has 2 aliphatic heterocycles. The summed E-state index contributed by atoms with van der Waals surface area (Å²) < 4.78 is 5.42. The highest BCUT2D eigenvalue weighted by molar-refractivity contribution is 6.00. The quantitative estimate of drug-likeness (QED) is 0.681. The third kappa shape index (κ3) is 5.39. The SMILES string of the molecule is CN1CCN(c2cccc3c2CCNC3C(=O)N(C)c2ccc(C(=O)OC(C)(C)C)cc2)C(=O)C1. The van der Waals surface area contributed by atoms with E-state index in [2.05, 4.69) is 5.32 Å². The molecule has 1 unspecified atom stereocenters. The summed E-state index contributed by atoms with van der Waals surface area (Å²) >= 11 is 0. The Bertz CT molecular complexity index is 1120. The molecular weight excluding hydrogens is 444 g/mol. The van der Waals surface area contributed by atoms with Crippen LogP contribution in [0.25, 0.3) is 0 Å². The lowest BCUT2D eigenvalue weighted by molar-refractivity contribution is -0.121. The van der Waals surface area contributed by atoms with E-state index in [1.54, 1.807) is 36.2 Å².